The van der Waals surface area contributed by atoms with Gasteiger partial charge in [0.25, 0.3) is 0 Å². The monoisotopic (exact) mass is 226 g/mol. The molecule has 0 spiro atoms. The first-order valence-electron chi connectivity index (χ1n) is 4.56. The van der Waals surface area contributed by atoms with Crippen LogP contribution < -0.4 is 5.32 Å². The minimum absolute atomic E-state index is 0.101. The van der Waals surface area contributed by atoms with Gasteiger partial charge in [0.15, 0.2) is 0 Å². The van der Waals surface area contributed by atoms with Gasteiger partial charge in [0.1, 0.15) is 5.01 Å². The smallest absolute Gasteiger partial charge is 0.331 e. The van der Waals surface area contributed by atoms with E-state index in [2.05, 4.69) is 15.0 Å². The van der Waals surface area contributed by atoms with Gasteiger partial charge in [0.05, 0.1) is 13.2 Å². The second-order valence-electron chi connectivity index (χ2n) is 3.07. The minimum Gasteiger partial charge on any atom is -0.466 e. The van der Waals surface area contributed by atoms with Crippen LogP contribution in [-0.4, -0.2) is 18.1 Å². The maximum Gasteiger partial charge on any atom is 0.331 e. The van der Waals surface area contributed by atoms with E-state index in [9.17, 15) is 4.79 Å². The predicted molar refractivity (Wildman–Crippen MR) is 59.6 cm³/mol. The lowest BCUT2D eigenvalue weighted by Gasteiger charge is -2.07. The van der Waals surface area contributed by atoms with Gasteiger partial charge in [-0.25, -0.2) is 9.78 Å². The zero-order valence-electron chi connectivity index (χ0n) is 8.98. The third-order valence-corrected chi connectivity index (χ3v) is 2.92. The van der Waals surface area contributed by atoms with Gasteiger partial charge in [-0.05, 0) is 13.8 Å². The highest BCUT2D eigenvalue weighted by molar-refractivity contribution is 7.09. The molecule has 1 heterocycles. The van der Waals surface area contributed by atoms with Gasteiger partial charge in [0.2, 0.25) is 0 Å². The molecule has 1 unspecified atom stereocenters. The van der Waals surface area contributed by atoms with Gasteiger partial charge in [-0.2, -0.15) is 0 Å². The Morgan fingerprint density at radius 2 is 2.47 bits per heavy atom. The van der Waals surface area contributed by atoms with Crippen molar-refractivity contribution < 1.29 is 9.53 Å². The molecule has 0 amide bonds. The number of thiazole rings is 1. The standard InChI is InChI=1S/C10H14N2O2S/c1-7-6-15-10(12-7)8(2)11-5-4-9(13)14-3/h4-6,8,11H,1-3H3/b5-4+. The van der Waals surface area contributed by atoms with Crippen LogP contribution in [0.25, 0.3) is 0 Å². The molecule has 0 saturated heterocycles. The Bertz CT molecular complexity index is 360. The van der Waals surface area contributed by atoms with E-state index in [4.69, 9.17) is 0 Å². The van der Waals surface area contributed by atoms with Crippen LogP contribution >= 0.6 is 11.3 Å². The zero-order valence-corrected chi connectivity index (χ0v) is 9.80. The van der Waals surface area contributed by atoms with Crippen molar-refractivity contribution in [3.05, 3.63) is 28.4 Å². The Morgan fingerprint density at radius 1 is 1.73 bits per heavy atom. The van der Waals surface area contributed by atoms with E-state index in [1.54, 1.807) is 17.5 Å². The Labute approximate surface area is 93.0 Å². The molecular formula is C10H14N2O2S. The van der Waals surface area contributed by atoms with Crippen LogP contribution in [0, 0.1) is 6.92 Å². The van der Waals surface area contributed by atoms with Gasteiger partial charge >= 0.3 is 5.97 Å². The third-order valence-electron chi connectivity index (χ3n) is 1.77. The van der Waals surface area contributed by atoms with E-state index in [0.717, 1.165) is 10.7 Å². The molecule has 0 saturated carbocycles. The SMILES string of the molecule is COC(=O)/C=C/NC(C)c1nc(C)cs1. The highest BCUT2D eigenvalue weighted by Crippen LogP contribution is 2.16. The topological polar surface area (TPSA) is 51.2 Å². The van der Waals surface area contributed by atoms with Crippen LogP contribution in [0.2, 0.25) is 0 Å². The molecule has 0 aliphatic rings. The van der Waals surface area contributed by atoms with E-state index in [1.807, 2.05) is 19.2 Å². The molecule has 0 fully saturated rings. The van der Waals surface area contributed by atoms with Crippen LogP contribution in [0.3, 0.4) is 0 Å². The number of ether oxygens (including phenoxy) is 1. The van der Waals surface area contributed by atoms with Crippen molar-refractivity contribution >= 4 is 17.3 Å². The van der Waals surface area contributed by atoms with Crippen molar-refractivity contribution in [1.29, 1.82) is 0 Å². The number of aromatic nitrogens is 1. The van der Waals surface area contributed by atoms with Crippen molar-refractivity contribution in [2.75, 3.05) is 7.11 Å². The third kappa shape index (κ3) is 3.71. The van der Waals surface area contributed by atoms with E-state index in [0.29, 0.717) is 0 Å². The number of nitrogens with one attached hydrogen (secondary N) is 1. The normalized spacial score (nSPS) is 12.7. The quantitative estimate of drug-likeness (QED) is 0.628. The molecule has 0 radical (unpaired) electrons. The molecule has 1 aromatic rings. The molecule has 1 aromatic heterocycles. The van der Waals surface area contributed by atoms with E-state index in [-0.39, 0.29) is 12.0 Å². The van der Waals surface area contributed by atoms with Gasteiger partial charge in [-0.15, -0.1) is 11.3 Å². The van der Waals surface area contributed by atoms with Crippen LogP contribution in [0.4, 0.5) is 0 Å². The van der Waals surface area contributed by atoms with Crippen LogP contribution in [0.5, 0.6) is 0 Å². The first-order chi connectivity index (χ1) is 7.13. The number of hydrogen-bond acceptors (Lipinski definition) is 5. The molecule has 5 heteroatoms. The van der Waals surface area contributed by atoms with E-state index in [1.165, 1.54) is 13.2 Å². The first kappa shape index (κ1) is 11.7. The Hall–Kier alpha value is -1.36. The number of hydrogen-bond donors (Lipinski definition) is 1. The van der Waals surface area contributed by atoms with E-state index < -0.39 is 0 Å². The summed E-state index contributed by atoms with van der Waals surface area (Å²) in [5.41, 5.74) is 1.01. The maximum atomic E-state index is 10.8. The Balaban J connectivity index is 2.46. The fourth-order valence-electron chi connectivity index (χ4n) is 0.971. The number of rotatable bonds is 4. The van der Waals surface area contributed by atoms with Crippen LogP contribution in [0.1, 0.15) is 23.7 Å². The number of methoxy groups -OCH3 is 1. The van der Waals surface area contributed by atoms with Crippen LogP contribution in [-0.2, 0) is 9.53 Å². The lowest BCUT2D eigenvalue weighted by molar-refractivity contribution is -0.134. The fourth-order valence-corrected chi connectivity index (χ4v) is 1.78. The second-order valence-corrected chi connectivity index (χ2v) is 3.96. The number of esters is 1. The summed E-state index contributed by atoms with van der Waals surface area (Å²) in [6.45, 7) is 3.94. The summed E-state index contributed by atoms with van der Waals surface area (Å²) in [4.78, 5) is 15.1. The summed E-state index contributed by atoms with van der Waals surface area (Å²) in [7, 11) is 1.35. The van der Waals surface area contributed by atoms with Gasteiger partial charge in [-0.1, -0.05) is 0 Å². The summed E-state index contributed by atoms with van der Waals surface area (Å²) in [5, 5.41) is 6.04. The molecule has 1 N–H and O–H groups in total. The Morgan fingerprint density at radius 3 is 3.00 bits per heavy atom. The molecule has 82 valence electrons. The van der Waals surface area contributed by atoms with Gasteiger partial charge in [0, 0.05) is 23.3 Å². The van der Waals surface area contributed by atoms with Crippen molar-refractivity contribution in [1.82, 2.24) is 10.3 Å². The predicted octanol–water partition coefficient (Wildman–Crippen LogP) is 1.79. The summed E-state index contributed by atoms with van der Waals surface area (Å²) in [6.07, 6.45) is 2.92. The second kappa shape index (κ2) is 5.50. The molecule has 0 aliphatic heterocycles. The molecule has 4 nitrogen and oxygen atoms in total. The molecule has 0 aromatic carbocycles. The maximum absolute atomic E-state index is 10.8. The van der Waals surface area contributed by atoms with Gasteiger partial charge < -0.3 is 10.1 Å². The number of aryl methyl sites for hydroxylation is 1. The molecular weight excluding hydrogens is 212 g/mol. The molecule has 0 bridgehead atoms. The highest BCUT2D eigenvalue weighted by atomic mass is 32.1. The largest absolute Gasteiger partial charge is 0.466 e. The average molecular weight is 226 g/mol. The average Bonchev–Trinajstić information content (AvgIpc) is 2.64. The number of carbonyl (C=O) groups is 1. The van der Waals surface area contributed by atoms with Crippen molar-refractivity contribution in [2.24, 2.45) is 0 Å². The summed E-state index contributed by atoms with van der Waals surface area (Å²) >= 11 is 1.60. The summed E-state index contributed by atoms with van der Waals surface area (Å²) in [6, 6.07) is 0.101. The van der Waals surface area contributed by atoms with Crippen molar-refractivity contribution in [3.63, 3.8) is 0 Å². The molecule has 15 heavy (non-hydrogen) atoms. The zero-order chi connectivity index (χ0) is 11.3. The minimum atomic E-state index is -0.370. The number of carbonyl (C=O) groups excluding carboxylic acids is 1. The first-order valence-corrected chi connectivity index (χ1v) is 5.44. The lowest BCUT2D eigenvalue weighted by Crippen LogP contribution is -2.12. The highest BCUT2D eigenvalue weighted by Gasteiger charge is 2.06. The lowest BCUT2D eigenvalue weighted by atomic mass is 10.3. The fraction of sp³-hybridized carbons (Fsp3) is 0.400. The van der Waals surface area contributed by atoms with E-state index >= 15 is 0 Å². The van der Waals surface area contributed by atoms with Gasteiger partial charge in [-0.3, -0.25) is 0 Å². The van der Waals surface area contributed by atoms with Crippen LogP contribution in [0.15, 0.2) is 17.7 Å². The summed E-state index contributed by atoms with van der Waals surface area (Å²) < 4.78 is 4.46. The molecule has 0 aliphatic carbocycles. The molecule has 1 rings (SSSR count). The number of nitrogens with zero attached hydrogens (tertiary/aromatic N) is 1. The molecule has 1 atom stereocenters. The summed E-state index contributed by atoms with van der Waals surface area (Å²) in [5.74, 6) is -0.370. The van der Waals surface area contributed by atoms with Crippen molar-refractivity contribution in [3.8, 4) is 0 Å². The Kier molecular flexibility index (Phi) is 4.30. The van der Waals surface area contributed by atoms with Crippen molar-refractivity contribution in [2.45, 2.75) is 19.9 Å².